The topological polar surface area (TPSA) is 111 Å². The highest BCUT2D eigenvalue weighted by molar-refractivity contribution is 6.27. The van der Waals surface area contributed by atoms with Crippen LogP contribution in [0.15, 0.2) is 30.3 Å². The van der Waals surface area contributed by atoms with Crippen molar-refractivity contribution in [2.45, 2.75) is 58.4 Å². The van der Waals surface area contributed by atoms with Crippen LogP contribution in [-0.2, 0) is 35.2 Å². The number of amides is 2. The van der Waals surface area contributed by atoms with Crippen LogP contribution in [0.3, 0.4) is 0 Å². The second-order valence-corrected chi connectivity index (χ2v) is 8.27. The number of methoxy groups -OCH3 is 1. The Morgan fingerprint density at radius 2 is 1.72 bits per heavy atom. The number of alkyl carbamates (subject to hydrolysis) is 1. The molecule has 0 aliphatic carbocycles. The van der Waals surface area contributed by atoms with Gasteiger partial charge in [-0.05, 0) is 39.7 Å². The summed E-state index contributed by atoms with van der Waals surface area (Å²) in [6.07, 6.45) is -0.841. The minimum Gasteiger partial charge on any atom is -0.467 e. The summed E-state index contributed by atoms with van der Waals surface area (Å²) in [4.78, 5) is 50.3. The van der Waals surface area contributed by atoms with Gasteiger partial charge in [0.1, 0.15) is 30.2 Å². The second kappa shape index (κ2) is 12.9. The number of nitrogens with one attached hydrogen (secondary N) is 1. The van der Waals surface area contributed by atoms with Gasteiger partial charge in [0.15, 0.2) is 0 Å². The fourth-order valence-corrected chi connectivity index (χ4v) is 2.86. The van der Waals surface area contributed by atoms with Gasteiger partial charge in [-0.2, -0.15) is 0 Å². The first-order chi connectivity index (χ1) is 15.0. The summed E-state index contributed by atoms with van der Waals surface area (Å²) in [5.41, 5.74) is -0.00193. The molecule has 1 aromatic carbocycles. The Kier molecular flexibility index (Phi) is 11.0. The van der Waals surface area contributed by atoms with Gasteiger partial charge < -0.3 is 24.4 Å². The fraction of sp³-hybridized carbons (Fsp3) is 0.545. The van der Waals surface area contributed by atoms with E-state index in [1.165, 1.54) is 18.9 Å². The average Bonchev–Trinajstić information content (AvgIpc) is 2.75. The summed E-state index contributed by atoms with van der Waals surface area (Å²) in [7, 11) is 1.20. The molecule has 0 unspecified atom stereocenters. The zero-order valence-corrected chi connectivity index (χ0v) is 19.8. The van der Waals surface area contributed by atoms with Crippen molar-refractivity contribution in [2.75, 3.05) is 19.5 Å². The standard InChI is InChI=1S/C22H31ClN2O7/c1-15(19(27)30-5)25(18(26)13-23)12-11-17(24-21(29)32-22(2,3)4)20(28)31-14-16-9-7-6-8-10-16/h6-10,15,17H,11-14H2,1-5H3,(H,24,29)/t15-,17-/m0/s1. The summed E-state index contributed by atoms with van der Waals surface area (Å²) in [5, 5.41) is 2.48. The largest absolute Gasteiger partial charge is 0.467 e. The van der Waals surface area contributed by atoms with Crippen LogP contribution in [0.1, 0.15) is 39.7 Å². The van der Waals surface area contributed by atoms with Gasteiger partial charge in [0.2, 0.25) is 5.91 Å². The Balaban J connectivity index is 2.94. The predicted octanol–water partition coefficient (Wildman–Crippen LogP) is 2.64. The van der Waals surface area contributed by atoms with Gasteiger partial charge in [-0.1, -0.05) is 30.3 Å². The van der Waals surface area contributed by atoms with Crippen molar-refractivity contribution in [1.29, 1.82) is 0 Å². The van der Waals surface area contributed by atoms with E-state index in [9.17, 15) is 19.2 Å². The molecule has 1 N–H and O–H groups in total. The molecule has 0 saturated carbocycles. The number of hydrogen-bond donors (Lipinski definition) is 1. The summed E-state index contributed by atoms with van der Waals surface area (Å²) in [6, 6.07) is 7.00. The maximum Gasteiger partial charge on any atom is 0.408 e. The zero-order valence-electron chi connectivity index (χ0n) is 19.1. The number of esters is 2. The number of halogens is 1. The van der Waals surface area contributed by atoms with Crippen molar-refractivity contribution >= 4 is 35.5 Å². The molecule has 0 radical (unpaired) electrons. The van der Waals surface area contributed by atoms with E-state index in [0.29, 0.717) is 0 Å². The van der Waals surface area contributed by atoms with Gasteiger partial charge in [0.25, 0.3) is 0 Å². The van der Waals surface area contributed by atoms with E-state index in [2.05, 4.69) is 5.32 Å². The van der Waals surface area contributed by atoms with Crippen LogP contribution < -0.4 is 5.32 Å². The molecule has 10 heteroatoms. The third kappa shape index (κ3) is 9.55. The van der Waals surface area contributed by atoms with Crippen molar-refractivity contribution in [3.8, 4) is 0 Å². The molecule has 32 heavy (non-hydrogen) atoms. The summed E-state index contributed by atoms with van der Waals surface area (Å²) >= 11 is 5.67. The minimum atomic E-state index is -1.12. The summed E-state index contributed by atoms with van der Waals surface area (Å²) in [6.45, 7) is 6.51. The summed E-state index contributed by atoms with van der Waals surface area (Å²) < 4.78 is 15.3. The number of nitrogens with zero attached hydrogens (tertiary/aromatic N) is 1. The van der Waals surface area contributed by atoms with Crippen molar-refractivity contribution < 1.29 is 33.4 Å². The van der Waals surface area contributed by atoms with Crippen LogP contribution in [0, 0.1) is 0 Å². The smallest absolute Gasteiger partial charge is 0.408 e. The second-order valence-electron chi connectivity index (χ2n) is 8.00. The molecule has 0 aromatic heterocycles. The Hall–Kier alpha value is -2.81. The number of rotatable bonds is 10. The molecule has 0 heterocycles. The van der Waals surface area contributed by atoms with Gasteiger partial charge in [-0.3, -0.25) is 4.79 Å². The molecule has 0 saturated heterocycles. The molecular formula is C22H31ClN2O7. The number of benzene rings is 1. The van der Waals surface area contributed by atoms with Crippen molar-refractivity contribution in [3.05, 3.63) is 35.9 Å². The molecule has 0 aliphatic heterocycles. The van der Waals surface area contributed by atoms with Crippen LogP contribution >= 0.6 is 11.6 Å². The van der Waals surface area contributed by atoms with Crippen LogP contribution in [0.4, 0.5) is 4.79 Å². The maximum atomic E-state index is 12.7. The van der Waals surface area contributed by atoms with Gasteiger partial charge >= 0.3 is 18.0 Å². The highest BCUT2D eigenvalue weighted by Gasteiger charge is 2.30. The van der Waals surface area contributed by atoms with Crippen LogP contribution in [-0.4, -0.2) is 66.1 Å². The van der Waals surface area contributed by atoms with Gasteiger partial charge in [0, 0.05) is 6.54 Å². The van der Waals surface area contributed by atoms with Gasteiger partial charge in [0.05, 0.1) is 7.11 Å². The van der Waals surface area contributed by atoms with E-state index in [0.717, 1.165) is 5.56 Å². The van der Waals surface area contributed by atoms with Gasteiger partial charge in [-0.15, -0.1) is 11.6 Å². The molecule has 0 fully saturated rings. The van der Waals surface area contributed by atoms with Crippen LogP contribution in [0.2, 0.25) is 0 Å². The Labute approximate surface area is 193 Å². The van der Waals surface area contributed by atoms with E-state index in [1.807, 2.05) is 18.2 Å². The average molecular weight is 471 g/mol. The lowest BCUT2D eigenvalue weighted by Crippen LogP contribution is -2.49. The number of alkyl halides is 1. The fourth-order valence-electron chi connectivity index (χ4n) is 2.71. The predicted molar refractivity (Wildman–Crippen MR) is 118 cm³/mol. The summed E-state index contributed by atoms with van der Waals surface area (Å²) in [5.74, 6) is -2.21. The van der Waals surface area contributed by atoms with E-state index in [1.54, 1.807) is 32.9 Å². The molecule has 178 valence electrons. The molecule has 0 spiro atoms. The monoisotopic (exact) mass is 470 g/mol. The Morgan fingerprint density at radius 1 is 1.09 bits per heavy atom. The van der Waals surface area contributed by atoms with E-state index >= 15 is 0 Å². The van der Waals surface area contributed by atoms with Crippen molar-refractivity contribution in [1.82, 2.24) is 10.2 Å². The lowest BCUT2D eigenvalue weighted by molar-refractivity contribution is -0.152. The normalized spacial score (nSPS) is 12.8. The number of carbonyl (C=O) groups excluding carboxylic acids is 4. The molecule has 1 aromatic rings. The first-order valence-corrected chi connectivity index (χ1v) is 10.6. The first-order valence-electron chi connectivity index (χ1n) is 10.1. The number of carbonyl (C=O) groups is 4. The number of hydrogen-bond acceptors (Lipinski definition) is 7. The minimum absolute atomic E-state index is 0.00899. The van der Waals surface area contributed by atoms with E-state index in [4.69, 9.17) is 25.8 Å². The van der Waals surface area contributed by atoms with Crippen LogP contribution in [0.25, 0.3) is 0 Å². The zero-order chi connectivity index (χ0) is 24.3. The molecular weight excluding hydrogens is 440 g/mol. The van der Waals surface area contributed by atoms with E-state index < -0.39 is 41.6 Å². The Morgan fingerprint density at radius 3 is 2.25 bits per heavy atom. The SMILES string of the molecule is COC(=O)[C@H](C)N(CC[C@H](NC(=O)OC(C)(C)C)C(=O)OCc1ccccc1)C(=O)CCl. The van der Waals surface area contributed by atoms with E-state index in [-0.39, 0.29) is 25.5 Å². The molecule has 0 bridgehead atoms. The van der Waals surface area contributed by atoms with Gasteiger partial charge in [-0.25, -0.2) is 14.4 Å². The first kappa shape index (κ1) is 27.2. The molecule has 9 nitrogen and oxygen atoms in total. The number of ether oxygens (including phenoxy) is 3. The molecule has 2 atom stereocenters. The highest BCUT2D eigenvalue weighted by atomic mass is 35.5. The molecule has 2 amide bonds. The third-order valence-corrected chi connectivity index (χ3v) is 4.53. The quantitative estimate of drug-likeness (QED) is 0.318. The lowest BCUT2D eigenvalue weighted by atomic mass is 10.1. The maximum absolute atomic E-state index is 12.7. The Bertz CT molecular complexity index is 780. The highest BCUT2D eigenvalue weighted by Crippen LogP contribution is 2.11. The third-order valence-electron chi connectivity index (χ3n) is 4.30. The lowest BCUT2D eigenvalue weighted by Gasteiger charge is -2.29. The van der Waals surface area contributed by atoms with Crippen molar-refractivity contribution in [2.24, 2.45) is 0 Å². The van der Waals surface area contributed by atoms with Crippen LogP contribution in [0.5, 0.6) is 0 Å². The molecule has 0 aliphatic rings. The van der Waals surface area contributed by atoms with Crippen molar-refractivity contribution in [3.63, 3.8) is 0 Å². The molecule has 1 rings (SSSR count).